The van der Waals surface area contributed by atoms with Crippen molar-refractivity contribution in [1.29, 1.82) is 0 Å². The van der Waals surface area contributed by atoms with Crippen molar-refractivity contribution in [3.63, 3.8) is 0 Å². The zero-order chi connectivity index (χ0) is 48.0. The van der Waals surface area contributed by atoms with E-state index in [1.807, 2.05) is 0 Å². The van der Waals surface area contributed by atoms with E-state index in [0.29, 0.717) is 0 Å². The van der Waals surface area contributed by atoms with Crippen LogP contribution in [0.1, 0.15) is 47.6 Å². The minimum atomic E-state index is 0.273. The zero-order valence-corrected chi connectivity index (χ0v) is 40.9. The maximum atomic E-state index is 2.61. The van der Waals surface area contributed by atoms with Gasteiger partial charge in [-0.3, -0.25) is 0 Å². The molecule has 0 aromatic heterocycles. The van der Waals surface area contributed by atoms with Gasteiger partial charge < -0.3 is 9.80 Å². The number of rotatable bonds is 11. The highest BCUT2D eigenvalue weighted by molar-refractivity contribution is 6.19. The Hall–Kier alpha value is -8.46. The molecule has 0 N–H and O–H groups in total. The van der Waals surface area contributed by atoms with Gasteiger partial charge in [0.2, 0.25) is 0 Å². The summed E-state index contributed by atoms with van der Waals surface area (Å²) in [6.45, 7) is 9.27. The Morgan fingerprint density at radius 3 is 1.31 bits per heavy atom. The summed E-state index contributed by atoms with van der Waals surface area (Å²) in [5.74, 6) is 0.273. The van der Waals surface area contributed by atoms with Crippen LogP contribution in [0.4, 0.5) is 34.1 Å². The molecule has 71 heavy (non-hydrogen) atoms. The lowest BCUT2D eigenvalue weighted by molar-refractivity contribution is 0.873. The van der Waals surface area contributed by atoms with E-state index >= 15 is 0 Å². The van der Waals surface area contributed by atoms with Gasteiger partial charge in [-0.05, 0) is 146 Å². The standard InChI is InChI=1S/C69H56N2/c1-46(2)63-45-65(71(57-34-20-32-55(44-57)50-25-11-6-12-26-50)69-48(4)22-18-36-59(69)52-29-15-8-16-30-52)62-39-37-53-38-42-64(61-41-40-60(63)67(62)66(53)61)70(56-33-19-31-54(43-56)49-23-9-5-10-24-49)68-47(3)21-17-35-58(68)51-27-13-7-14-28-51/h5-36,38,40-46H,37,39H2,1-4H3. The molecule has 0 bridgehead atoms. The molecule has 0 heterocycles. The van der Waals surface area contributed by atoms with Gasteiger partial charge in [-0.15, -0.1) is 0 Å². The van der Waals surface area contributed by atoms with Crippen molar-refractivity contribution < 1.29 is 0 Å². The smallest absolute Gasteiger partial charge is 0.0569 e. The van der Waals surface area contributed by atoms with Crippen LogP contribution in [0.5, 0.6) is 0 Å². The van der Waals surface area contributed by atoms with Gasteiger partial charge >= 0.3 is 0 Å². The molecule has 12 rings (SSSR count). The van der Waals surface area contributed by atoms with Crippen molar-refractivity contribution in [1.82, 2.24) is 0 Å². The Morgan fingerprint density at radius 1 is 0.352 bits per heavy atom. The lowest BCUT2D eigenvalue weighted by Gasteiger charge is -2.35. The molecule has 0 saturated heterocycles. The van der Waals surface area contributed by atoms with Crippen LogP contribution in [0.2, 0.25) is 0 Å². The molecule has 0 fully saturated rings. The van der Waals surface area contributed by atoms with Gasteiger partial charge in [0.15, 0.2) is 0 Å². The second kappa shape index (κ2) is 18.5. The predicted octanol–water partition coefficient (Wildman–Crippen LogP) is 19.4. The van der Waals surface area contributed by atoms with Gasteiger partial charge in [-0.25, -0.2) is 0 Å². The van der Waals surface area contributed by atoms with Gasteiger partial charge in [-0.2, -0.15) is 0 Å². The molecule has 0 aliphatic heterocycles. The zero-order valence-electron chi connectivity index (χ0n) is 40.9. The van der Waals surface area contributed by atoms with E-state index in [4.69, 9.17) is 0 Å². The average Bonchev–Trinajstić information content (AvgIpc) is 3.42. The van der Waals surface area contributed by atoms with Gasteiger partial charge in [0.05, 0.1) is 22.7 Å². The van der Waals surface area contributed by atoms with Gasteiger partial charge in [0.25, 0.3) is 0 Å². The predicted molar refractivity (Wildman–Crippen MR) is 304 cm³/mol. The number of benzene rings is 11. The highest BCUT2D eigenvalue weighted by atomic mass is 15.2. The van der Waals surface area contributed by atoms with Crippen molar-refractivity contribution in [2.45, 2.75) is 46.5 Å². The fourth-order valence-electron chi connectivity index (χ4n) is 11.4. The van der Waals surface area contributed by atoms with Crippen molar-refractivity contribution in [2.75, 3.05) is 9.80 Å². The Morgan fingerprint density at radius 2 is 0.803 bits per heavy atom. The summed E-state index contributed by atoms with van der Waals surface area (Å²) in [4.78, 5) is 5.16. The van der Waals surface area contributed by atoms with E-state index in [9.17, 15) is 0 Å². The van der Waals surface area contributed by atoms with E-state index in [1.165, 1.54) is 117 Å². The van der Waals surface area contributed by atoms with Crippen LogP contribution in [0.25, 0.3) is 66.1 Å². The van der Waals surface area contributed by atoms with Gasteiger partial charge in [0.1, 0.15) is 0 Å². The van der Waals surface area contributed by atoms with E-state index in [2.05, 4.69) is 274 Å². The second-order valence-corrected chi connectivity index (χ2v) is 19.5. The maximum Gasteiger partial charge on any atom is 0.0569 e. The quantitative estimate of drug-likeness (QED) is 0.119. The number of para-hydroxylation sites is 2. The molecule has 2 heteroatoms. The number of nitrogens with zero attached hydrogens (tertiary/aromatic N) is 2. The lowest BCUT2D eigenvalue weighted by atomic mass is 9.81. The molecule has 0 radical (unpaired) electrons. The topological polar surface area (TPSA) is 6.48 Å². The van der Waals surface area contributed by atoms with Crippen molar-refractivity contribution in [3.8, 4) is 44.5 Å². The Balaban J connectivity index is 1.16. The molecule has 11 aromatic carbocycles. The molecule has 0 amide bonds. The van der Waals surface area contributed by atoms with Crippen molar-refractivity contribution in [2.24, 2.45) is 0 Å². The molecule has 0 atom stereocenters. The second-order valence-electron chi connectivity index (χ2n) is 19.5. The minimum absolute atomic E-state index is 0.273. The monoisotopic (exact) mass is 912 g/mol. The molecule has 1 aliphatic rings. The Kier molecular flexibility index (Phi) is 11.4. The summed E-state index contributed by atoms with van der Waals surface area (Å²) >= 11 is 0. The average molecular weight is 913 g/mol. The van der Waals surface area contributed by atoms with Crippen LogP contribution in [0, 0.1) is 13.8 Å². The summed E-state index contributed by atoms with van der Waals surface area (Å²) in [5, 5.41) is 5.33. The number of hydrogen-bond acceptors (Lipinski definition) is 2. The third-order valence-corrected chi connectivity index (χ3v) is 14.7. The van der Waals surface area contributed by atoms with Crippen LogP contribution in [-0.2, 0) is 12.8 Å². The molecular formula is C69H56N2. The van der Waals surface area contributed by atoms with Crippen LogP contribution in [0.3, 0.4) is 0 Å². The van der Waals surface area contributed by atoms with Crippen LogP contribution in [-0.4, -0.2) is 0 Å². The first kappa shape index (κ1) is 43.8. The molecule has 342 valence electrons. The number of hydrogen-bond donors (Lipinski definition) is 0. The summed E-state index contributed by atoms with van der Waals surface area (Å²) in [6.07, 6.45) is 1.87. The van der Waals surface area contributed by atoms with Crippen LogP contribution >= 0.6 is 0 Å². The first-order chi connectivity index (χ1) is 34.9. The van der Waals surface area contributed by atoms with Crippen LogP contribution < -0.4 is 9.80 Å². The molecular weight excluding hydrogens is 857 g/mol. The van der Waals surface area contributed by atoms with Gasteiger partial charge in [0, 0.05) is 27.9 Å². The summed E-state index contributed by atoms with van der Waals surface area (Å²) in [6, 6.07) is 87.5. The van der Waals surface area contributed by atoms with E-state index < -0.39 is 0 Å². The summed E-state index contributed by atoms with van der Waals surface area (Å²) in [5.41, 5.74) is 23.3. The fraction of sp³-hybridized carbons (Fsp3) is 0.101. The third kappa shape index (κ3) is 7.87. The lowest BCUT2D eigenvalue weighted by Crippen LogP contribution is -2.18. The van der Waals surface area contributed by atoms with Crippen molar-refractivity contribution >= 4 is 55.7 Å². The third-order valence-electron chi connectivity index (χ3n) is 14.7. The Labute approximate surface area is 418 Å². The van der Waals surface area contributed by atoms with Crippen LogP contribution in [0.15, 0.2) is 237 Å². The normalized spacial score (nSPS) is 12.0. The Bertz CT molecular complexity index is 3740. The first-order valence-electron chi connectivity index (χ1n) is 25.2. The summed E-state index contributed by atoms with van der Waals surface area (Å²) in [7, 11) is 0. The SMILES string of the molecule is Cc1cccc(-c2ccccc2)c1N(c1cccc(-c2ccccc2)c1)c1cc(C(C)C)c2ccc3c(N(c4cccc(-c5ccccc5)c4)c4c(C)cccc4-c4ccccc4)ccc4c3c2c1CC4. The van der Waals surface area contributed by atoms with E-state index in [0.717, 1.165) is 24.2 Å². The number of aryl methyl sites for hydroxylation is 4. The largest absolute Gasteiger partial charge is 0.309 e. The molecule has 0 unspecified atom stereocenters. The molecule has 1 aliphatic carbocycles. The van der Waals surface area contributed by atoms with E-state index in [1.54, 1.807) is 0 Å². The molecule has 0 saturated carbocycles. The maximum absolute atomic E-state index is 2.61. The minimum Gasteiger partial charge on any atom is -0.309 e. The first-order valence-corrected chi connectivity index (χ1v) is 25.2. The number of anilines is 6. The molecule has 2 nitrogen and oxygen atoms in total. The highest BCUT2D eigenvalue weighted by Crippen LogP contribution is 2.53. The van der Waals surface area contributed by atoms with Gasteiger partial charge in [-0.1, -0.05) is 214 Å². The highest BCUT2D eigenvalue weighted by Gasteiger charge is 2.30. The summed E-state index contributed by atoms with van der Waals surface area (Å²) < 4.78 is 0. The molecule has 11 aromatic rings. The fourth-order valence-corrected chi connectivity index (χ4v) is 11.4. The molecule has 0 spiro atoms. The van der Waals surface area contributed by atoms with E-state index in [-0.39, 0.29) is 5.92 Å². The van der Waals surface area contributed by atoms with Crippen molar-refractivity contribution in [3.05, 3.63) is 264 Å².